The van der Waals surface area contributed by atoms with Gasteiger partial charge in [0, 0.05) is 13.5 Å². The van der Waals surface area contributed by atoms with Crippen LogP contribution in [0.5, 0.6) is 0 Å². The zero-order chi connectivity index (χ0) is 11.7. The topological polar surface area (TPSA) is 87.0 Å². The molecule has 0 amide bonds. The van der Waals surface area contributed by atoms with Gasteiger partial charge in [0.05, 0.1) is 0 Å². The quantitative estimate of drug-likeness (QED) is 0.613. The van der Waals surface area contributed by atoms with Crippen molar-refractivity contribution in [1.82, 2.24) is 9.55 Å². The lowest BCUT2D eigenvalue weighted by molar-refractivity contribution is -0.390. The fourth-order valence-electron chi connectivity index (χ4n) is 2.41. The van der Waals surface area contributed by atoms with Crippen molar-refractivity contribution in [3.8, 4) is 0 Å². The van der Waals surface area contributed by atoms with E-state index in [1.165, 1.54) is 0 Å². The van der Waals surface area contributed by atoms with Crippen LogP contribution in [0.2, 0.25) is 0 Å². The molecule has 2 N–H and O–H groups in total. The molecule has 0 aliphatic carbocycles. The predicted molar refractivity (Wildman–Crippen MR) is 59.1 cm³/mol. The molecule has 1 aromatic rings. The first-order chi connectivity index (χ1) is 7.63. The van der Waals surface area contributed by atoms with E-state index in [0.29, 0.717) is 12.5 Å². The minimum Gasteiger partial charge on any atom is -0.358 e. The van der Waals surface area contributed by atoms with Crippen molar-refractivity contribution in [1.29, 1.82) is 0 Å². The number of nitro groups is 1. The van der Waals surface area contributed by atoms with E-state index in [2.05, 4.69) is 4.98 Å². The number of rotatable bonds is 3. The van der Waals surface area contributed by atoms with Gasteiger partial charge in [-0.15, -0.1) is 0 Å². The van der Waals surface area contributed by atoms with Crippen molar-refractivity contribution in [3.05, 3.63) is 21.6 Å². The van der Waals surface area contributed by atoms with Crippen LogP contribution in [0.4, 0.5) is 5.82 Å². The molecule has 0 saturated carbocycles. The summed E-state index contributed by atoms with van der Waals surface area (Å²) in [7, 11) is 0. The molecule has 0 radical (unpaired) electrons. The SMILES string of the molecule is Cc1nc([N+](=O)[O-])c2n1CCC(CCN)C2. The van der Waals surface area contributed by atoms with Gasteiger partial charge in [0.25, 0.3) is 0 Å². The fourth-order valence-corrected chi connectivity index (χ4v) is 2.41. The first kappa shape index (κ1) is 11.1. The van der Waals surface area contributed by atoms with E-state index in [9.17, 15) is 10.1 Å². The van der Waals surface area contributed by atoms with Gasteiger partial charge < -0.3 is 20.4 Å². The Morgan fingerprint density at radius 2 is 2.44 bits per heavy atom. The largest absolute Gasteiger partial charge is 0.385 e. The minimum atomic E-state index is -0.385. The molecule has 0 bridgehead atoms. The summed E-state index contributed by atoms with van der Waals surface area (Å²) in [6, 6.07) is 0. The standard InChI is InChI=1S/C10H16N4O2/c1-7-12-10(14(15)16)9-6-8(2-4-11)3-5-13(7)9/h8H,2-6,11H2,1H3. The Bertz CT molecular complexity index is 413. The number of nitrogens with two attached hydrogens (primary N) is 1. The highest BCUT2D eigenvalue weighted by Gasteiger charge is 2.30. The molecular formula is C10H16N4O2. The number of imidazole rings is 1. The van der Waals surface area contributed by atoms with E-state index in [4.69, 9.17) is 5.73 Å². The summed E-state index contributed by atoms with van der Waals surface area (Å²) in [4.78, 5) is 14.5. The number of hydrogen-bond acceptors (Lipinski definition) is 4. The average molecular weight is 224 g/mol. The van der Waals surface area contributed by atoms with Crippen molar-refractivity contribution in [2.45, 2.75) is 32.7 Å². The summed E-state index contributed by atoms with van der Waals surface area (Å²) in [5, 5.41) is 10.9. The van der Waals surface area contributed by atoms with Gasteiger partial charge in [0.15, 0.2) is 0 Å². The molecule has 2 heterocycles. The fraction of sp³-hybridized carbons (Fsp3) is 0.700. The Balaban J connectivity index is 2.31. The lowest BCUT2D eigenvalue weighted by Crippen LogP contribution is -2.22. The van der Waals surface area contributed by atoms with E-state index in [0.717, 1.165) is 37.3 Å². The second-order valence-corrected chi connectivity index (χ2v) is 4.27. The Labute approximate surface area is 93.6 Å². The van der Waals surface area contributed by atoms with Crippen molar-refractivity contribution in [2.24, 2.45) is 11.7 Å². The van der Waals surface area contributed by atoms with E-state index in [-0.39, 0.29) is 10.7 Å². The van der Waals surface area contributed by atoms with E-state index in [1.807, 2.05) is 11.5 Å². The smallest absolute Gasteiger partial charge is 0.358 e. The molecule has 6 nitrogen and oxygen atoms in total. The van der Waals surface area contributed by atoms with Gasteiger partial charge >= 0.3 is 5.82 Å². The third kappa shape index (κ3) is 1.80. The van der Waals surface area contributed by atoms with Gasteiger partial charge in [0.2, 0.25) is 5.82 Å². The van der Waals surface area contributed by atoms with Crippen LogP contribution in [0.3, 0.4) is 0 Å². The van der Waals surface area contributed by atoms with Gasteiger partial charge in [-0.2, -0.15) is 0 Å². The summed E-state index contributed by atoms with van der Waals surface area (Å²) in [5.74, 6) is 1.24. The van der Waals surface area contributed by atoms with Crippen LogP contribution < -0.4 is 5.73 Å². The molecule has 0 saturated heterocycles. The molecule has 6 heteroatoms. The van der Waals surface area contributed by atoms with Gasteiger partial charge in [0.1, 0.15) is 5.69 Å². The summed E-state index contributed by atoms with van der Waals surface area (Å²) < 4.78 is 1.96. The predicted octanol–water partition coefficient (Wildman–Crippen LogP) is 1.01. The van der Waals surface area contributed by atoms with E-state index >= 15 is 0 Å². The van der Waals surface area contributed by atoms with E-state index < -0.39 is 0 Å². The molecule has 88 valence electrons. The first-order valence-corrected chi connectivity index (χ1v) is 5.54. The second-order valence-electron chi connectivity index (χ2n) is 4.27. The summed E-state index contributed by atoms with van der Waals surface area (Å²) in [6.07, 6.45) is 2.70. The second kappa shape index (κ2) is 4.21. The number of fused-ring (bicyclic) bond motifs is 1. The van der Waals surface area contributed by atoms with Crippen LogP contribution in [0, 0.1) is 23.0 Å². The maximum absolute atomic E-state index is 10.9. The molecule has 0 spiro atoms. The number of aromatic nitrogens is 2. The molecular weight excluding hydrogens is 208 g/mol. The third-order valence-electron chi connectivity index (χ3n) is 3.23. The summed E-state index contributed by atoms with van der Waals surface area (Å²) >= 11 is 0. The van der Waals surface area contributed by atoms with Crippen LogP contribution in [0.1, 0.15) is 24.4 Å². The normalized spacial score (nSPS) is 19.5. The molecule has 16 heavy (non-hydrogen) atoms. The Morgan fingerprint density at radius 1 is 1.69 bits per heavy atom. The zero-order valence-corrected chi connectivity index (χ0v) is 9.35. The van der Waals surface area contributed by atoms with Crippen molar-refractivity contribution in [3.63, 3.8) is 0 Å². The molecule has 1 aliphatic rings. The minimum absolute atomic E-state index is 0.0271. The van der Waals surface area contributed by atoms with Crippen molar-refractivity contribution >= 4 is 5.82 Å². The molecule has 0 aromatic carbocycles. The summed E-state index contributed by atoms with van der Waals surface area (Å²) in [5.41, 5.74) is 6.30. The Morgan fingerprint density at radius 3 is 3.06 bits per heavy atom. The lowest BCUT2D eigenvalue weighted by Gasteiger charge is -2.22. The van der Waals surface area contributed by atoms with Crippen molar-refractivity contribution < 1.29 is 4.92 Å². The lowest BCUT2D eigenvalue weighted by atomic mass is 9.93. The van der Waals surface area contributed by atoms with Crippen LogP contribution in [0.25, 0.3) is 0 Å². The van der Waals surface area contributed by atoms with E-state index in [1.54, 1.807) is 0 Å². The molecule has 0 fully saturated rings. The Hall–Kier alpha value is -1.43. The highest BCUT2D eigenvalue weighted by Crippen LogP contribution is 2.29. The maximum atomic E-state index is 10.9. The zero-order valence-electron chi connectivity index (χ0n) is 9.35. The highest BCUT2D eigenvalue weighted by molar-refractivity contribution is 5.31. The van der Waals surface area contributed by atoms with Gasteiger partial charge in [-0.1, -0.05) is 0 Å². The van der Waals surface area contributed by atoms with Crippen LogP contribution in [-0.4, -0.2) is 21.0 Å². The highest BCUT2D eigenvalue weighted by atomic mass is 16.6. The third-order valence-corrected chi connectivity index (χ3v) is 3.23. The maximum Gasteiger partial charge on any atom is 0.385 e. The molecule has 1 unspecified atom stereocenters. The van der Waals surface area contributed by atoms with Crippen LogP contribution >= 0.6 is 0 Å². The monoisotopic (exact) mass is 224 g/mol. The first-order valence-electron chi connectivity index (χ1n) is 5.54. The van der Waals surface area contributed by atoms with Gasteiger partial charge in [-0.3, -0.25) is 0 Å². The molecule has 1 atom stereocenters. The average Bonchev–Trinajstić information content (AvgIpc) is 2.57. The summed E-state index contributed by atoms with van der Waals surface area (Å²) in [6.45, 7) is 3.29. The molecule has 1 aliphatic heterocycles. The van der Waals surface area contributed by atoms with Gasteiger partial charge in [-0.05, 0) is 41.6 Å². The number of nitrogens with zero attached hydrogens (tertiary/aromatic N) is 3. The van der Waals surface area contributed by atoms with Gasteiger partial charge in [-0.25, -0.2) is 0 Å². The number of hydrogen-bond donors (Lipinski definition) is 1. The number of aryl methyl sites for hydroxylation is 1. The molecule has 1 aromatic heterocycles. The molecule has 2 rings (SSSR count). The van der Waals surface area contributed by atoms with Crippen LogP contribution in [-0.2, 0) is 13.0 Å². The van der Waals surface area contributed by atoms with Crippen molar-refractivity contribution in [2.75, 3.05) is 6.54 Å². The van der Waals surface area contributed by atoms with Crippen LogP contribution in [0.15, 0.2) is 0 Å². The Kier molecular flexibility index (Phi) is 2.91.